The topological polar surface area (TPSA) is 108 Å². The second-order valence-electron chi connectivity index (χ2n) is 14.7. The zero-order valence-corrected chi connectivity index (χ0v) is 30.5. The Bertz CT molecular complexity index is 3670. The van der Waals surface area contributed by atoms with Crippen molar-refractivity contribution in [3.8, 4) is 40.7 Å². The third-order valence-corrected chi connectivity index (χ3v) is 11.6. The van der Waals surface area contributed by atoms with Gasteiger partial charge < -0.3 is 18.0 Å². The molecular formula is C51H25N5O2. The molecular weight excluding hydrogens is 715 g/mol. The van der Waals surface area contributed by atoms with Crippen molar-refractivity contribution in [3.05, 3.63) is 168 Å². The van der Waals surface area contributed by atoms with Crippen molar-refractivity contribution in [2.75, 3.05) is 0 Å². The zero-order chi connectivity index (χ0) is 38.6. The van der Waals surface area contributed by atoms with Crippen molar-refractivity contribution < 1.29 is 8.83 Å². The fourth-order valence-electron chi connectivity index (χ4n) is 9.07. The molecule has 8 aromatic carbocycles. The maximum atomic E-state index is 9.92. The number of aromatic nitrogens is 2. The molecule has 0 unspecified atom stereocenters. The van der Waals surface area contributed by atoms with Gasteiger partial charge in [-0.05, 0) is 114 Å². The number of rotatable bonds is 3. The Labute approximate surface area is 329 Å². The number of hydrogen-bond donors (Lipinski definition) is 0. The summed E-state index contributed by atoms with van der Waals surface area (Å²) in [7, 11) is 0. The molecule has 4 heterocycles. The summed E-state index contributed by atoms with van der Waals surface area (Å²) in [5, 5.41) is 37.5. The molecule has 0 radical (unpaired) electrons. The summed E-state index contributed by atoms with van der Waals surface area (Å²) in [5.74, 6) is 0. The van der Waals surface area contributed by atoms with Crippen molar-refractivity contribution in [2.24, 2.45) is 0 Å². The summed E-state index contributed by atoms with van der Waals surface area (Å²) in [6, 6.07) is 57.5. The first kappa shape index (κ1) is 31.7. The predicted octanol–water partition coefficient (Wildman–Crippen LogP) is 13.0. The molecule has 0 bridgehead atoms. The van der Waals surface area contributed by atoms with Crippen molar-refractivity contribution in [1.82, 2.24) is 9.13 Å². The third-order valence-electron chi connectivity index (χ3n) is 11.6. The van der Waals surface area contributed by atoms with Crippen molar-refractivity contribution in [3.63, 3.8) is 0 Å². The molecule has 4 aromatic heterocycles. The number of benzene rings is 8. The quantitative estimate of drug-likeness (QED) is 0.179. The van der Waals surface area contributed by atoms with Gasteiger partial charge in [-0.1, -0.05) is 48.5 Å². The molecule has 58 heavy (non-hydrogen) atoms. The highest BCUT2D eigenvalue weighted by molar-refractivity contribution is 6.26. The molecule has 12 rings (SSSR count). The van der Waals surface area contributed by atoms with E-state index in [4.69, 9.17) is 8.83 Å². The van der Waals surface area contributed by atoms with Crippen LogP contribution in [0, 0.1) is 34.0 Å². The van der Waals surface area contributed by atoms with Gasteiger partial charge in [0.25, 0.3) is 0 Å². The van der Waals surface area contributed by atoms with Crippen LogP contribution in [0.15, 0.2) is 160 Å². The fourth-order valence-corrected chi connectivity index (χ4v) is 9.07. The minimum Gasteiger partial charge on any atom is -0.456 e. The van der Waals surface area contributed by atoms with Gasteiger partial charge in [-0.2, -0.15) is 15.8 Å². The summed E-state index contributed by atoms with van der Waals surface area (Å²) in [4.78, 5) is 0. The molecule has 0 saturated heterocycles. The molecule has 0 saturated carbocycles. The maximum absolute atomic E-state index is 9.92. The summed E-state index contributed by atoms with van der Waals surface area (Å²) < 4.78 is 17.5. The molecule has 0 spiro atoms. The Hall–Kier alpha value is -8.57. The summed E-state index contributed by atoms with van der Waals surface area (Å²) >= 11 is 0. The highest BCUT2D eigenvalue weighted by Gasteiger charge is 2.23. The van der Waals surface area contributed by atoms with E-state index < -0.39 is 0 Å². The van der Waals surface area contributed by atoms with E-state index in [0.29, 0.717) is 27.9 Å². The molecule has 0 aliphatic carbocycles. The number of fused-ring (bicyclic) bond motifs is 14. The normalized spacial score (nSPS) is 11.7. The number of para-hydroxylation sites is 2. The standard InChI is InChI=1S/C51H25N5O2/c52-26-29-9-13-32(14-10-29)33-23-34(55-42-7-3-1-5-36(42)38-15-19-46-48(50(38)55)40-21-30(27-53)11-17-44(40)57-46)25-35(24-33)56-43-8-4-2-6-37(43)39-16-20-47-49(51(39)56)41-22-31(28-54)12-18-45(41)58-47/h1-25H. The molecule has 0 aliphatic heterocycles. The molecule has 0 atom stereocenters. The van der Waals surface area contributed by atoms with Crippen molar-refractivity contribution in [2.45, 2.75) is 0 Å². The van der Waals surface area contributed by atoms with Gasteiger partial charge in [0.05, 0.1) is 67.7 Å². The largest absolute Gasteiger partial charge is 0.456 e. The lowest BCUT2D eigenvalue weighted by Crippen LogP contribution is -2.00. The van der Waals surface area contributed by atoms with Gasteiger partial charge in [-0.3, -0.25) is 0 Å². The number of furan rings is 2. The maximum Gasteiger partial charge on any atom is 0.137 e. The Morgan fingerprint density at radius 1 is 0.362 bits per heavy atom. The smallest absolute Gasteiger partial charge is 0.137 e. The van der Waals surface area contributed by atoms with Crippen LogP contribution in [0.3, 0.4) is 0 Å². The van der Waals surface area contributed by atoms with E-state index in [1.165, 1.54) is 0 Å². The highest BCUT2D eigenvalue weighted by atomic mass is 16.3. The highest BCUT2D eigenvalue weighted by Crippen LogP contribution is 2.44. The van der Waals surface area contributed by atoms with E-state index in [1.807, 2.05) is 60.7 Å². The van der Waals surface area contributed by atoms with E-state index in [1.54, 1.807) is 12.1 Å². The number of nitrogens with zero attached hydrogens (tertiary/aromatic N) is 5. The first-order valence-electron chi connectivity index (χ1n) is 18.8. The molecule has 0 aliphatic rings. The molecule has 0 fully saturated rings. The van der Waals surface area contributed by atoms with E-state index in [9.17, 15) is 15.8 Å². The van der Waals surface area contributed by atoms with Gasteiger partial charge in [0, 0.05) is 43.7 Å². The fraction of sp³-hybridized carbons (Fsp3) is 0. The average molecular weight is 740 g/mol. The van der Waals surface area contributed by atoms with Crippen LogP contribution in [0.25, 0.3) is 110 Å². The van der Waals surface area contributed by atoms with Crippen LogP contribution in [0.4, 0.5) is 0 Å². The van der Waals surface area contributed by atoms with Gasteiger partial charge in [0.15, 0.2) is 0 Å². The van der Waals surface area contributed by atoms with E-state index >= 15 is 0 Å². The summed E-state index contributed by atoms with van der Waals surface area (Å²) in [6.45, 7) is 0. The second kappa shape index (κ2) is 11.7. The van der Waals surface area contributed by atoms with Crippen molar-refractivity contribution >= 4 is 87.5 Å². The summed E-state index contributed by atoms with van der Waals surface area (Å²) in [5.41, 5.74) is 12.4. The van der Waals surface area contributed by atoms with Crippen LogP contribution < -0.4 is 0 Å². The van der Waals surface area contributed by atoms with Crippen LogP contribution in [-0.2, 0) is 0 Å². The van der Waals surface area contributed by atoms with Crippen LogP contribution in [0.2, 0.25) is 0 Å². The van der Waals surface area contributed by atoms with Crippen molar-refractivity contribution in [1.29, 1.82) is 15.8 Å². The van der Waals surface area contributed by atoms with Crippen LogP contribution in [0.5, 0.6) is 0 Å². The Kier molecular flexibility index (Phi) is 6.41. The Balaban J connectivity index is 1.26. The number of nitriles is 3. The molecule has 266 valence electrons. The lowest BCUT2D eigenvalue weighted by Gasteiger charge is -2.16. The molecule has 7 heteroatoms. The Morgan fingerprint density at radius 2 is 0.810 bits per heavy atom. The predicted molar refractivity (Wildman–Crippen MR) is 229 cm³/mol. The van der Waals surface area contributed by atoms with Gasteiger partial charge in [0.2, 0.25) is 0 Å². The zero-order valence-electron chi connectivity index (χ0n) is 30.5. The van der Waals surface area contributed by atoms with Crippen LogP contribution >= 0.6 is 0 Å². The minimum absolute atomic E-state index is 0.561. The van der Waals surface area contributed by atoms with Gasteiger partial charge in [-0.25, -0.2) is 0 Å². The average Bonchev–Trinajstić information content (AvgIpc) is 4.03. The molecule has 12 aromatic rings. The first-order chi connectivity index (χ1) is 28.6. The second-order valence-corrected chi connectivity index (χ2v) is 14.7. The van der Waals surface area contributed by atoms with E-state index in [0.717, 1.165) is 98.8 Å². The lowest BCUT2D eigenvalue weighted by atomic mass is 10.0. The molecule has 0 amide bonds. The first-order valence-corrected chi connectivity index (χ1v) is 18.8. The molecule has 7 nitrogen and oxygen atoms in total. The number of hydrogen-bond acceptors (Lipinski definition) is 5. The monoisotopic (exact) mass is 739 g/mol. The third kappa shape index (κ3) is 4.34. The van der Waals surface area contributed by atoms with Gasteiger partial charge in [-0.15, -0.1) is 0 Å². The Morgan fingerprint density at radius 3 is 1.29 bits per heavy atom. The van der Waals surface area contributed by atoms with E-state index in [2.05, 4.69) is 106 Å². The molecule has 0 N–H and O–H groups in total. The minimum atomic E-state index is 0.561. The van der Waals surface area contributed by atoms with E-state index in [-0.39, 0.29) is 0 Å². The van der Waals surface area contributed by atoms with Gasteiger partial charge >= 0.3 is 0 Å². The van der Waals surface area contributed by atoms with Gasteiger partial charge in [0.1, 0.15) is 22.3 Å². The summed E-state index contributed by atoms with van der Waals surface area (Å²) in [6.07, 6.45) is 0. The SMILES string of the molecule is N#Cc1ccc(-c2cc(-n3c4ccccc4c4ccc5oc6ccc(C#N)cc6c5c43)cc(-n3c4ccccc4c4ccc5oc6ccc(C#N)cc6c5c43)c2)cc1. The lowest BCUT2D eigenvalue weighted by molar-refractivity contribution is 0.668. The van der Waals surface area contributed by atoms with Crippen LogP contribution in [0.1, 0.15) is 16.7 Å². The van der Waals surface area contributed by atoms with Crippen LogP contribution in [-0.4, -0.2) is 9.13 Å².